The maximum atomic E-state index is 4.22. The summed E-state index contributed by atoms with van der Waals surface area (Å²) in [7, 11) is 1.80. The number of thiophene rings is 2. The summed E-state index contributed by atoms with van der Waals surface area (Å²) >= 11 is 7.00. The molecule has 0 radical (unpaired) electrons. The molecular formula is C13H16BrN3S2. The summed E-state index contributed by atoms with van der Waals surface area (Å²) in [6.07, 6.45) is 1.01. The SMILES string of the molecule is CN=C(NCCc1ccc(Br)s1)NCc1cccs1. The lowest BCUT2D eigenvalue weighted by molar-refractivity contribution is 0.804. The lowest BCUT2D eigenvalue weighted by Gasteiger charge is -2.10. The minimum absolute atomic E-state index is 0.821. The van der Waals surface area contributed by atoms with Crippen LogP contribution in [-0.2, 0) is 13.0 Å². The number of aliphatic imine (C=N–C) groups is 1. The van der Waals surface area contributed by atoms with Crippen molar-refractivity contribution in [2.24, 2.45) is 4.99 Å². The zero-order chi connectivity index (χ0) is 13.5. The van der Waals surface area contributed by atoms with Crippen LogP contribution in [0, 0.1) is 0 Å². The molecule has 0 aliphatic rings. The predicted molar refractivity (Wildman–Crippen MR) is 88.2 cm³/mol. The van der Waals surface area contributed by atoms with Crippen LogP contribution in [0.1, 0.15) is 9.75 Å². The first kappa shape index (κ1) is 14.6. The molecule has 0 saturated heterocycles. The Morgan fingerprint density at radius 1 is 1.26 bits per heavy atom. The Morgan fingerprint density at radius 3 is 2.79 bits per heavy atom. The average molecular weight is 358 g/mol. The molecule has 0 fully saturated rings. The highest BCUT2D eigenvalue weighted by Crippen LogP contribution is 2.21. The van der Waals surface area contributed by atoms with Gasteiger partial charge in [0, 0.05) is 23.3 Å². The van der Waals surface area contributed by atoms with Crippen molar-refractivity contribution in [1.29, 1.82) is 0 Å². The molecule has 0 aliphatic carbocycles. The van der Waals surface area contributed by atoms with Crippen molar-refractivity contribution in [3.8, 4) is 0 Å². The number of halogens is 1. The van der Waals surface area contributed by atoms with E-state index in [1.165, 1.54) is 13.5 Å². The van der Waals surface area contributed by atoms with Crippen LogP contribution in [0.3, 0.4) is 0 Å². The molecule has 6 heteroatoms. The first-order chi connectivity index (χ1) is 9.28. The Bertz CT molecular complexity index is 520. The van der Waals surface area contributed by atoms with Crippen molar-refractivity contribution in [2.45, 2.75) is 13.0 Å². The molecule has 0 amide bonds. The Balaban J connectivity index is 1.71. The van der Waals surface area contributed by atoms with Crippen molar-refractivity contribution in [1.82, 2.24) is 10.6 Å². The van der Waals surface area contributed by atoms with Crippen LogP contribution in [0.5, 0.6) is 0 Å². The third-order valence-corrected chi connectivity index (χ3v) is 5.09. The quantitative estimate of drug-likeness (QED) is 0.634. The summed E-state index contributed by atoms with van der Waals surface area (Å²) in [4.78, 5) is 6.90. The third-order valence-electron chi connectivity index (χ3n) is 2.53. The summed E-state index contributed by atoms with van der Waals surface area (Å²) in [6.45, 7) is 1.71. The Labute approximate surface area is 129 Å². The highest BCUT2D eigenvalue weighted by molar-refractivity contribution is 9.11. The van der Waals surface area contributed by atoms with Gasteiger partial charge in [0.05, 0.1) is 10.3 Å². The minimum atomic E-state index is 0.821. The molecular weight excluding hydrogens is 342 g/mol. The second kappa shape index (κ2) is 7.67. The number of rotatable bonds is 5. The predicted octanol–water partition coefficient (Wildman–Crippen LogP) is 3.48. The molecule has 0 aliphatic heterocycles. The van der Waals surface area contributed by atoms with E-state index in [9.17, 15) is 0 Å². The van der Waals surface area contributed by atoms with Crippen LogP contribution < -0.4 is 10.6 Å². The van der Waals surface area contributed by atoms with Gasteiger partial charge in [-0.2, -0.15) is 0 Å². The van der Waals surface area contributed by atoms with E-state index in [1.807, 2.05) is 0 Å². The minimum Gasteiger partial charge on any atom is -0.356 e. The van der Waals surface area contributed by atoms with Crippen molar-refractivity contribution >= 4 is 44.6 Å². The second-order valence-electron chi connectivity index (χ2n) is 3.89. The van der Waals surface area contributed by atoms with E-state index in [1.54, 1.807) is 29.7 Å². The van der Waals surface area contributed by atoms with Gasteiger partial charge in [-0.1, -0.05) is 6.07 Å². The maximum Gasteiger partial charge on any atom is 0.191 e. The zero-order valence-electron chi connectivity index (χ0n) is 10.6. The van der Waals surface area contributed by atoms with E-state index in [0.717, 1.165) is 25.5 Å². The fourth-order valence-electron chi connectivity index (χ4n) is 1.59. The van der Waals surface area contributed by atoms with Crippen molar-refractivity contribution in [3.05, 3.63) is 43.2 Å². The van der Waals surface area contributed by atoms with Crippen LogP contribution in [0.25, 0.3) is 0 Å². The van der Waals surface area contributed by atoms with Gasteiger partial charge in [0.25, 0.3) is 0 Å². The van der Waals surface area contributed by atoms with Gasteiger partial charge in [0.2, 0.25) is 0 Å². The van der Waals surface area contributed by atoms with Gasteiger partial charge in [0.1, 0.15) is 0 Å². The first-order valence-corrected chi connectivity index (χ1v) is 8.48. The molecule has 19 heavy (non-hydrogen) atoms. The molecule has 2 N–H and O–H groups in total. The largest absolute Gasteiger partial charge is 0.356 e. The average Bonchev–Trinajstić information content (AvgIpc) is 3.05. The maximum absolute atomic E-state index is 4.22. The smallest absolute Gasteiger partial charge is 0.191 e. The number of nitrogens with zero attached hydrogens (tertiary/aromatic N) is 1. The summed E-state index contributed by atoms with van der Waals surface area (Å²) in [5.41, 5.74) is 0. The van der Waals surface area contributed by atoms with Gasteiger partial charge in [-0.3, -0.25) is 4.99 Å². The fraction of sp³-hybridized carbons (Fsp3) is 0.308. The van der Waals surface area contributed by atoms with E-state index >= 15 is 0 Å². The monoisotopic (exact) mass is 357 g/mol. The molecule has 0 atom stereocenters. The van der Waals surface area contributed by atoms with Crippen LogP contribution in [-0.4, -0.2) is 19.6 Å². The number of hydrogen-bond donors (Lipinski definition) is 2. The summed E-state index contributed by atoms with van der Waals surface area (Å²) in [5.74, 6) is 0.851. The van der Waals surface area contributed by atoms with Gasteiger partial charge < -0.3 is 10.6 Å². The number of guanidine groups is 1. The van der Waals surface area contributed by atoms with Crippen LogP contribution >= 0.6 is 38.6 Å². The Morgan fingerprint density at radius 2 is 2.16 bits per heavy atom. The van der Waals surface area contributed by atoms with Gasteiger partial charge in [0.15, 0.2) is 5.96 Å². The van der Waals surface area contributed by atoms with E-state index in [-0.39, 0.29) is 0 Å². The normalized spacial score (nSPS) is 11.6. The molecule has 102 valence electrons. The Hall–Kier alpha value is -0.850. The van der Waals surface area contributed by atoms with Gasteiger partial charge in [-0.05, 0) is 45.9 Å². The zero-order valence-corrected chi connectivity index (χ0v) is 13.9. The first-order valence-electron chi connectivity index (χ1n) is 5.99. The molecule has 0 bridgehead atoms. The Kier molecular flexibility index (Phi) is 5.88. The van der Waals surface area contributed by atoms with Crippen LogP contribution in [0.2, 0.25) is 0 Å². The van der Waals surface area contributed by atoms with Crippen LogP contribution in [0.4, 0.5) is 0 Å². The molecule has 0 unspecified atom stereocenters. The second-order valence-corrected chi connectivity index (χ2v) is 7.47. The van der Waals surface area contributed by atoms with Crippen molar-refractivity contribution in [3.63, 3.8) is 0 Å². The van der Waals surface area contributed by atoms with Crippen molar-refractivity contribution < 1.29 is 0 Å². The highest BCUT2D eigenvalue weighted by atomic mass is 79.9. The number of hydrogen-bond acceptors (Lipinski definition) is 3. The van der Waals surface area contributed by atoms with E-state index in [0.29, 0.717) is 0 Å². The standard InChI is InChI=1S/C13H16BrN3S2/c1-15-13(17-9-11-3-2-8-18-11)16-7-6-10-4-5-12(14)19-10/h2-5,8H,6-7,9H2,1H3,(H2,15,16,17). The molecule has 2 heterocycles. The van der Waals surface area contributed by atoms with Crippen molar-refractivity contribution in [2.75, 3.05) is 13.6 Å². The number of nitrogens with one attached hydrogen (secondary N) is 2. The van der Waals surface area contributed by atoms with Gasteiger partial charge >= 0.3 is 0 Å². The molecule has 2 rings (SSSR count). The van der Waals surface area contributed by atoms with E-state index in [4.69, 9.17) is 0 Å². The fourth-order valence-corrected chi connectivity index (χ4v) is 3.72. The van der Waals surface area contributed by atoms with E-state index < -0.39 is 0 Å². The molecule has 0 aromatic carbocycles. The van der Waals surface area contributed by atoms with Gasteiger partial charge in [-0.25, -0.2) is 0 Å². The highest BCUT2D eigenvalue weighted by Gasteiger charge is 2.00. The van der Waals surface area contributed by atoms with Gasteiger partial charge in [-0.15, -0.1) is 22.7 Å². The molecule has 0 saturated carbocycles. The lowest BCUT2D eigenvalue weighted by atomic mass is 10.3. The summed E-state index contributed by atoms with van der Waals surface area (Å²) in [5, 5.41) is 8.72. The molecule has 2 aromatic heterocycles. The molecule has 3 nitrogen and oxygen atoms in total. The topological polar surface area (TPSA) is 36.4 Å². The van der Waals surface area contributed by atoms with E-state index in [2.05, 4.69) is 61.2 Å². The molecule has 2 aromatic rings. The lowest BCUT2D eigenvalue weighted by Crippen LogP contribution is -2.37. The summed E-state index contributed by atoms with van der Waals surface area (Å²) < 4.78 is 1.18. The summed E-state index contributed by atoms with van der Waals surface area (Å²) in [6, 6.07) is 8.42. The van der Waals surface area contributed by atoms with Crippen LogP contribution in [0.15, 0.2) is 38.4 Å². The molecule has 0 spiro atoms. The third kappa shape index (κ3) is 4.97.